The topological polar surface area (TPSA) is 49.6 Å². The molecule has 2 N–H and O–H groups in total. The van der Waals surface area contributed by atoms with Gasteiger partial charge in [-0.2, -0.15) is 0 Å². The van der Waals surface area contributed by atoms with E-state index in [0.717, 1.165) is 19.5 Å². The van der Waals surface area contributed by atoms with Gasteiger partial charge in [0.2, 0.25) is 0 Å². The number of fused-ring (bicyclic) bond motifs is 2. The van der Waals surface area contributed by atoms with E-state index < -0.39 is 0 Å². The van der Waals surface area contributed by atoms with Crippen molar-refractivity contribution < 1.29 is 4.79 Å². The Morgan fingerprint density at radius 3 is 2.85 bits per heavy atom. The zero-order valence-corrected chi connectivity index (χ0v) is 12.4. The average molecular weight is 294 g/mol. The molecule has 20 heavy (non-hydrogen) atoms. The smallest absolute Gasteiger partial charge is 0.255 e. The van der Waals surface area contributed by atoms with Gasteiger partial charge in [0.05, 0.1) is 10.6 Å². The SMILES string of the molecule is CN1C2CCC1CN(C(=O)c1cc(N)ccc1Cl)CC2. The number of nitrogen functional groups attached to an aromatic ring is 1. The van der Waals surface area contributed by atoms with E-state index in [1.807, 2.05) is 4.90 Å². The van der Waals surface area contributed by atoms with Crippen LogP contribution < -0.4 is 5.73 Å². The van der Waals surface area contributed by atoms with E-state index in [4.69, 9.17) is 17.3 Å². The number of hydrogen-bond acceptors (Lipinski definition) is 3. The summed E-state index contributed by atoms with van der Waals surface area (Å²) in [4.78, 5) is 17.0. The minimum absolute atomic E-state index is 0.00301. The number of carbonyl (C=O) groups is 1. The van der Waals surface area contributed by atoms with Crippen LogP contribution in [0.5, 0.6) is 0 Å². The second kappa shape index (κ2) is 5.26. The third-order valence-corrected chi connectivity index (χ3v) is 4.99. The molecule has 1 amide bonds. The predicted octanol–water partition coefficient (Wildman–Crippen LogP) is 2.23. The molecule has 108 valence electrons. The Bertz CT molecular complexity index is 534. The molecule has 2 saturated heterocycles. The fraction of sp³-hybridized carbons (Fsp3) is 0.533. The van der Waals surface area contributed by atoms with Gasteiger partial charge in [0.1, 0.15) is 0 Å². The van der Waals surface area contributed by atoms with Crippen molar-refractivity contribution in [2.24, 2.45) is 0 Å². The Labute approximate surface area is 124 Å². The fourth-order valence-corrected chi connectivity index (χ4v) is 3.57. The number of rotatable bonds is 1. The molecule has 0 aromatic heterocycles. The summed E-state index contributed by atoms with van der Waals surface area (Å²) in [6, 6.07) is 6.19. The van der Waals surface area contributed by atoms with Gasteiger partial charge in [0.25, 0.3) is 5.91 Å². The van der Waals surface area contributed by atoms with Crippen LogP contribution in [0, 0.1) is 0 Å². The van der Waals surface area contributed by atoms with Gasteiger partial charge in [-0.1, -0.05) is 11.6 Å². The highest BCUT2D eigenvalue weighted by atomic mass is 35.5. The number of amides is 1. The molecule has 3 rings (SSSR count). The maximum absolute atomic E-state index is 12.7. The van der Waals surface area contributed by atoms with E-state index in [0.29, 0.717) is 28.4 Å². The van der Waals surface area contributed by atoms with Gasteiger partial charge in [0.15, 0.2) is 0 Å². The first-order chi connectivity index (χ1) is 9.56. The van der Waals surface area contributed by atoms with Crippen molar-refractivity contribution in [2.45, 2.75) is 31.3 Å². The molecule has 2 unspecified atom stereocenters. The number of hydrogen-bond donors (Lipinski definition) is 1. The summed E-state index contributed by atoms with van der Waals surface area (Å²) in [6.07, 6.45) is 3.47. The molecule has 1 aromatic rings. The summed E-state index contributed by atoms with van der Waals surface area (Å²) in [5.41, 5.74) is 6.87. The van der Waals surface area contributed by atoms with Crippen LogP contribution in [0.1, 0.15) is 29.6 Å². The minimum Gasteiger partial charge on any atom is -0.399 e. The lowest BCUT2D eigenvalue weighted by molar-refractivity contribution is 0.0740. The Morgan fingerprint density at radius 2 is 2.05 bits per heavy atom. The zero-order chi connectivity index (χ0) is 14.3. The lowest BCUT2D eigenvalue weighted by Gasteiger charge is -2.26. The summed E-state index contributed by atoms with van der Waals surface area (Å²) in [7, 11) is 2.17. The number of likely N-dealkylation sites (tertiary alicyclic amines) is 1. The number of halogens is 1. The molecule has 2 atom stereocenters. The van der Waals surface area contributed by atoms with Gasteiger partial charge in [-0.15, -0.1) is 0 Å². The molecule has 0 radical (unpaired) electrons. The third-order valence-electron chi connectivity index (χ3n) is 4.66. The first kappa shape index (κ1) is 13.7. The van der Waals surface area contributed by atoms with E-state index in [1.54, 1.807) is 18.2 Å². The Hall–Kier alpha value is -1.26. The van der Waals surface area contributed by atoms with Crippen molar-refractivity contribution in [2.75, 3.05) is 25.9 Å². The van der Waals surface area contributed by atoms with Gasteiger partial charge in [-0.25, -0.2) is 0 Å². The number of likely N-dealkylation sites (N-methyl/N-ethyl adjacent to an activating group) is 1. The quantitative estimate of drug-likeness (QED) is 0.808. The third kappa shape index (κ3) is 2.38. The Kier molecular flexibility index (Phi) is 3.61. The molecule has 5 heteroatoms. The van der Waals surface area contributed by atoms with Crippen molar-refractivity contribution in [3.63, 3.8) is 0 Å². The molecule has 0 aliphatic carbocycles. The molecule has 2 aliphatic rings. The van der Waals surface area contributed by atoms with Crippen LogP contribution >= 0.6 is 11.6 Å². The van der Waals surface area contributed by atoms with Crippen LogP contribution in [0.15, 0.2) is 18.2 Å². The van der Waals surface area contributed by atoms with Crippen molar-refractivity contribution in [1.82, 2.24) is 9.80 Å². The lowest BCUT2D eigenvalue weighted by Crippen LogP contribution is -2.39. The number of anilines is 1. The number of nitrogens with two attached hydrogens (primary N) is 1. The first-order valence-corrected chi connectivity index (χ1v) is 7.50. The summed E-state index contributed by atoms with van der Waals surface area (Å²) in [5.74, 6) is 0.00301. The molecule has 0 spiro atoms. The van der Waals surface area contributed by atoms with Crippen molar-refractivity contribution in [1.29, 1.82) is 0 Å². The van der Waals surface area contributed by atoms with E-state index in [-0.39, 0.29) is 5.91 Å². The van der Waals surface area contributed by atoms with E-state index in [2.05, 4.69) is 11.9 Å². The first-order valence-electron chi connectivity index (χ1n) is 7.12. The maximum atomic E-state index is 12.7. The van der Waals surface area contributed by atoms with Crippen LogP contribution in [0.4, 0.5) is 5.69 Å². The molecule has 0 saturated carbocycles. The Balaban J connectivity index is 1.82. The summed E-state index contributed by atoms with van der Waals surface area (Å²) < 4.78 is 0. The normalized spacial score (nSPS) is 26.6. The van der Waals surface area contributed by atoms with Crippen LogP contribution in [-0.2, 0) is 0 Å². The van der Waals surface area contributed by atoms with Crippen LogP contribution in [-0.4, -0.2) is 47.9 Å². The van der Waals surface area contributed by atoms with Crippen LogP contribution in [0.2, 0.25) is 5.02 Å². The van der Waals surface area contributed by atoms with Crippen molar-refractivity contribution >= 4 is 23.2 Å². The fourth-order valence-electron chi connectivity index (χ4n) is 3.37. The summed E-state index contributed by atoms with van der Waals surface area (Å²) in [5, 5.41) is 0.479. The van der Waals surface area contributed by atoms with Crippen molar-refractivity contribution in [3.05, 3.63) is 28.8 Å². The second-order valence-electron chi connectivity index (χ2n) is 5.83. The van der Waals surface area contributed by atoms with Gasteiger partial charge in [0, 0.05) is 30.9 Å². The minimum atomic E-state index is 0.00301. The molecule has 2 heterocycles. The largest absolute Gasteiger partial charge is 0.399 e. The maximum Gasteiger partial charge on any atom is 0.255 e. The summed E-state index contributed by atoms with van der Waals surface area (Å²) >= 11 is 6.15. The zero-order valence-electron chi connectivity index (χ0n) is 11.7. The molecular weight excluding hydrogens is 274 g/mol. The average Bonchev–Trinajstić information content (AvgIpc) is 2.65. The van der Waals surface area contributed by atoms with E-state index in [9.17, 15) is 4.79 Å². The standard InChI is InChI=1S/C15H20ClN3O/c1-18-11-3-4-12(18)9-19(7-6-11)15(20)13-8-10(17)2-5-14(13)16/h2,5,8,11-12H,3-4,6-7,9,17H2,1H3. The predicted molar refractivity (Wildman–Crippen MR) is 81.0 cm³/mol. The number of benzene rings is 1. The van der Waals surface area contributed by atoms with Gasteiger partial charge < -0.3 is 10.6 Å². The molecular formula is C15H20ClN3O. The molecule has 2 bridgehead atoms. The lowest BCUT2D eigenvalue weighted by atomic mass is 10.1. The highest BCUT2D eigenvalue weighted by molar-refractivity contribution is 6.34. The Morgan fingerprint density at radius 1 is 1.30 bits per heavy atom. The highest BCUT2D eigenvalue weighted by Gasteiger charge is 2.36. The van der Waals surface area contributed by atoms with Gasteiger partial charge >= 0.3 is 0 Å². The van der Waals surface area contributed by atoms with Gasteiger partial charge in [-0.05, 0) is 44.5 Å². The molecule has 4 nitrogen and oxygen atoms in total. The number of nitrogens with zero attached hydrogens (tertiary/aromatic N) is 2. The van der Waals surface area contributed by atoms with E-state index >= 15 is 0 Å². The van der Waals surface area contributed by atoms with E-state index in [1.165, 1.54) is 12.8 Å². The van der Waals surface area contributed by atoms with Crippen LogP contribution in [0.25, 0.3) is 0 Å². The van der Waals surface area contributed by atoms with Crippen molar-refractivity contribution in [3.8, 4) is 0 Å². The molecule has 2 fully saturated rings. The highest BCUT2D eigenvalue weighted by Crippen LogP contribution is 2.30. The molecule has 1 aromatic carbocycles. The van der Waals surface area contributed by atoms with Crippen LogP contribution in [0.3, 0.4) is 0 Å². The molecule has 2 aliphatic heterocycles. The summed E-state index contributed by atoms with van der Waals surface area (Å²) in [6.45, 7) is 1.59. The number of carbonyl (C=O) groups excluding carboxylic acids is 1. The van der Waals surface area contributed by atoms with Gasteiger partial charge in [-0.3, -0.25) is 9.69 Å². The second-order valence-corrected chi connectivity index (χ2v) is 6.24. The monoisotopic (exact) mass is 293 g/mol.